The predicted octanol–water partition coefficient (Wildman–Crippen LogP) is 3.83. The zero-order valence-corrected chi connectivity index (χ0v) is 20.6. The lowest BCUT2D eigenvalue weighted by Crippen LogP contribution is -2.42. The first-order valence-corrected chi connectivity index (χ1v) is 12.6. The quantitative estimate of drug-likeness (QED) is 0.389. The van der Waals surface area contributed by atoms with Gasteiger partial charge in [-0.15, -0.1) is 0 Å². The summed E-state index contributed by atoms with van der Waals surface area (Å²) in [5.74, 6) is 0.230. The second-order valence-electron chi connectivity index (χ2n) is 9.74. The average Bonchev–Trinajstić information content (AvgIpc) is 3.40. The molecule has 9 nitrogen and oxygen atoms in total. The van der Waals surface area contributed by atoms with Crippen LogP contribution in [0.25, 0.3) is 0 Å². The Bertz CT molecular complexity index is 1280. The van der Waals surface area contributed by atoms with Crippen LogP contribution in [0.3, 0.4) is 0 Å². The Balaban J connectivity index is 1.25. The van der Waals surface area contributed by atoms with Gasteiger partial charge in [0, 0.05) is 19.0 Å². The van der Waals surface area contributed by atoms with Gasteiger partial charge in [0.15, 0.2) is 13.0 Å². The van der Waals surface area contributed by atoms with Crippen molar-refractivity contribution in [2.24, 2.45) is 5.92 Å². The number of ether oxygens (including phenoxy) is 1. The SMILES string of the molecule is O=C(NCc1c2c(nn1CCC1CC1)C[C@H](CCc1cccc(OCC(F)(F)F)c1)NC2=O)c1cnco1. The molecule has 0 saturated heterocycles. The molecule has 1 saturated carbocycles. The number of alkyl halides is 3. The summed E-state index contributed by atoms with van der Waals surface area (Å²) in [7, 11) is 0. The molecular formula is C26H28F3N5O4. The third kappa shape index (κ3) is 6.53. The van der Waals surface area contributed by atoms with E-state index in [1.807, 2.05) is 10.7 Å². The number of amides is 2. The molecule has 0 unspecified atom stereocenters. The summed E-state index contributed by atoms with van der Waals surface area (Å²) in [5.41, 5.74) is 2.63. The molecule has 1 aliphatic carbocycles. The molecule has 202 valence electrons. The Hall–Kier alpha value is -3.83. The van der Waals surface area contributed by atoms with Crippen molar-refractivity contribution in [2.75, 3.05) is 6.61 Å². The maximum absolute atomic E-state index is 13.2. The van der Waals surface area contributed by atoms with E-state index >= 15 is 0 Å². The van der Waals surface area contributed by atoms with Crippen LogP contribution < -0.4 is 15.4 Å². The first kappa shape index (κ1) is 25.8. The van der Waals surface area contributed by atoms with Gasteiger partial charge in [-0.25, -0.2) is 4.98 Å². The summed E-state index contributed by atoms with van der Waals surface area (Å²) >= 11 is 0. The number of oxazole rings is 1. The molecular weight excluding hydrogens is 503 g/mol. The van der Waals surface area contributed by atoms with E-state index in [2.05, 4.69) is 15.6 Å². The van der Waals surface area contributed by atoms with Crippen LogP contribution in [-0.4, -0.2) is 45.4 Å². The third-order valence-corrected chi connectivity index (χ3v) is 6.73. The van der Waals surface area contributed by atoms with E-state index in [-0.39, 0.29) is 30.0 Å². The van der Waals surface area contributed by atoms with Gasteiger partial charge in [0.2, 0.25) is 5.76 Å². The molecule has 38 heavy (non-hydrogen) atoms. The van der Waals surface area contributed by atoms with E-state index in [4.69, 9.17) is 14.3 Å². The van der Waals surface area contributed by atoms with Gasteiger partial charge in [-0.05, 0) is 42.9 Å². The molecule has 1 aromatic carbocycles. The second-order valence-corrected chi connectivity index (χ2v) is 9.74. The summed E-state index contributed by atoms with van der Waals surface area (Å²) in [6.45, 7) is -0.564. The normalized spacial score (nSPS) is 17.1. The highest BCUT2D eigenvalue weighted by Crippen LogP contribution is 2.33. The highest BCUT2D eigenvalue weighted by molar-refractivity contribution is 5.98. The number of hydrogen-bond donors (Lipinski definition) is 2. The molecule has 2 N–H and O–H groups in total. The topological polar surface area (TPSA) is 111 Å². The Labute approximate surface area is 216 Å². The molecule has 1 aliphatic heterocycles. The maximum atomic E-state index is 13.2. The second kappa shape index (κ2) is 10.9. The minimum absolute atomic E-state index is 0.0836. The van der Waals surface area contributed by atoms with Gasteiger partial charge in [0.1, 0.15) is 5.75 Å². The van der Waals surface area contributed by atoms with Crippen molar-refractivity contribution in [2.45, 2.75) is 63.8 Å². The number of aryl methyl sites for hydroxylation is 2. The predicted molar refractivity (Wildman–Crippen MR) is 129 cm³/mol. The van der Waals surface area contributed by atoms with Crippen LogP contribution in [0.5, 0.6) is 5.75 Å². The van der Waals surface area contributed by atoms with Gasteiger partial charge >= 0.3 is 6.18 Å². The molecule has 2 aromatic heterocycles. The van der Waals surface area contributed by atoms with Crippen LogP contribution in [0.2, 0.25) is 0 Å². The standard InChI is InChI=1S/C26H28F3N5O4/c27-26(28,29)14-37-19-3-1-2-17(10-19)6-7-18-11-20-23(25(36)32-18)21(34(33-20)9-8-16-4-5-16)12-31-24(35)22-13-30-15-38-22/h1-3,10,13,15-16,18H,4-9,11-12,14H2,(H,31,35)(H,32,36)/t18-/m0/s1. The number of aromatic nitrogens is 3. The minimum atomic E-state index is -4.40. The molecule has 1 atom stereocenters. The van der Waals surface area contributed by atoms with Crippen molar-refractivity contribution < 1.29 is 31.9 Å². The highest BCUT2D eigenvalue weighted by atomic mass is 19.4. The number of carbonyl (C=O) groups excluding carboxylic acids is 2. The first-order chi connectivity index (χ1) is 18.2. The van der Waals surface area contributed by atoms with Crippen LogP contribution in [0.1, 0.15) is 63.5 Å². The molecule has 0 radical (unpaired) electrons. The summed E-state index contributed by atoms with van der Waals surface area (Å²) in [5, 5.41) is 10.6. The number of fused-ring (bicyclic) bond motifs is 1. The van der Waals surface area contributed by atoms with Crippen LogP contribution in [0.4, 0.5) is 13.2 Å². The van der Waals surface area contributed by atoms with Gasteiger partial charge < -0.3 is 19.8 Å². The van der Waals surface area contributed by atoms with Crippen LogP contribution >= 0.6 is 0 Å². The Morgan fingerprint density at radius 2 is 2.11 bits per heavy atom. The van der Waals surface area contributed by atoms with Gasteiger partial charge in [-0.1, -0.05) is 25.0 Å². The fourth-order valence-corrected chi connectivity index (χ4v) is 4.62. The first-order valence-electron chi connectivity index (χ1n) is 12.6. The zero-order valence-electron chi connectivity index (χ0n) is 20.6. The summed E-state index contributed by atoms with van der Waals surface area (Å²) in [6, 6.07) is 6.36. The zero-order chi connectivity index (χ0) is 26.7. The lowest BCUT2D eigenvalue weighted by molar-refractivity contribution is -0.153. The van der Waals surface area contributed by atoms with E-state index < -0.39 is 18.7 Å². The number of halogens is 3. The largest absolute Gasteiger partial charge is 0.484 e. The third-order valence-electron chi connectivity index (χ3n) is 6.73. The molecule has 0 bridgehead atoms. The van der Waals surface area contributed by atoms with Gasteiger partial charge in [-0.2, -0.15) is 18.3 Å². The Kier molecular flexibility index (Phi) is 7.39. The summed E-state index contributed by atoms with van der Waals surface area (Å²) in [4.78, 5) is 29.3. The van der Waals surface area contributed by atoms with Crippen molar-refractivity contribution >= 4 is 11.8 Å². The number of rotatable bonds is 11. The Morgan fingerprint density at radius 3 is 2.84 bits per heavy atom. The summed E-state index contributed by atoms with van der Waals surface area (Å²) in [6.07, 6.45) is 3.10. The number of carbonyl (C=O) groups is 2. The molecule has 0 spiro atoms. The molecule has 12 heteroatoms. The lowest BCUT2D eigenvalue weighted by atomic mass is 9.95. The van der Waals surface area contributed by atoms with E-state index in [1.54, 1.807) is 12.1 Å². The summed E-state index contributed by atoms with van der Waals surface area (Å²) < 4.78 is 49.1. The molecule has 2 aliphatic rings. The fourth-order valence-electron chi connectivity index (χ4n) is 4.62. The van der Waals surface area contributed by atoms with Crippen molar-refractivity contribution in [1.82, 2.24) is 25.4 Å². The van der Waals surface area contributed by atoms with Crippen molar-refractivity contribution in [3.05, 3.63) is 65.1 Å². The van der Waals surface area contributed by atoms with Gasteiger partial charge in [0.05, 0.1) is 29.7 Å². The average molecular weight is 532 g/mol. The molecule has 1 fully saturated rings. The molecule has 5 rings (SSSR count). The van der Waals surface area contributed by atoms with E-state index in [9.17, 15) is 22.8 Å². The molecule has 3 aromatic rings. The van der Waals surface area contributed by atoms with E-state index in [1.165, 1.54) is 31.5 Å². The van der Waals surface area contributed by atoms with E-state index in [0.29, 0.717) is 48.7 Å². The highest BCUT2D eigenvalue weighted by Gasteiger charge is 2.32. The number of benzene rings is 1. The van der Waals surface area contributed by atoms with Gasteiger partial charge in [-0.3, -0.25) is 14.3 Å². The number of nitrogens with zero attached hydrogens (tertiary/aromatic N) is 3. The lowest BCUT2D eigenvalue weighted by Gasteiger charge is -2.23. The monoisotopic (exact) mass is 531 g/mol. The van der Waals surface area contributed by atoms with Gasteiger partial charge in [0.25, 0.3) is 11.8 Å². The van der Waals surface area contributed by atoms with Crippen LogP contribution in [-0.2, 0) is 25.9 Å². The Morgan fingerprint density at radius 1 is 1.26 bits per heavy atom. The number of nitrogens with one attached hydrogen (secondary N) is 2. The maximum Gasteiger partial charge on any atom is 0.422 e. The van der Waals surface area contributed by atoms with Crippen LogP contribution in [0.15, 0.2) is 41.3 Å². The minimum Gasteiger partial charge on any atom is -0.484 e. The number of hydrogen-bond acceptors (Lipinski definition) is 6. The molecule has 2 amide bonds. The van der Waals surface area contributed by atoms with E-state index in [0.717, 1.165) is 12.0 Å². The molecule has 3 heterocycles. The smallest absolute Gasteiger partial charge is 0.422 e. The van der Waals surface area contributed by atoms with Crippen LogP contribution in [0, 0.1) is 5.92 Å². The fraction of sp³-hybridized carbons (Fsp3) is 0.462. The van der Waals surface area contributed by atoms with Crippen molar-refractivity contribution in [3.8, 4) is 5.75 Å². The van der Waals surface area contributed by atoms with Crippen molar-refractivity contribution in [1.29, 1.82) is 0 Å². The van der Waals surface area contributed by atoms with Crippen molar-refractivity contribution in [3.63, 3.8) is 0 Å².